The predicted octanol–water partition coefficient (Wildman–Crippen LogP) is 7.49. The number of aliphatic imine (C=N–C) groups is 1. The quantitative estimate of drug-likeness (QED) is 0.152. The van der Waals surface area contributed by atoms with Gasteiger partial charge in [0.05, 0.1) is 20.0 Å². The first-order chi connectivity index (χ1) is 20.1. The zero-order chi connectivity index (χ0) is 28.2. The average molecular weight is 548 g/mol. The number of fused-ring (bicyclic) bond motifs is 1. The zero-order valence-electron chi connectivity index (χ0n) is 23.2. The number of Topliss-reactive ketones (excluding diaryl/α,β-unsaturated/α-hetero) is 1. The number of benzene rings is 3. The second-order valence-corrected chi connectivity index (χ2v) is 10.9. The molecule has 0 amide bonds. The maximum absolute atomic E-state index is 13.5. The van der Waals surface area contributed by atoms with E-state index in [0.717, 1.165) is 38.8 Å². The topological polar surface area (TPSA) is 78.1 Å². The smallest absolute Gasteiger partial charge is 0.305 e. The Morgan fingerprint density at radius 2 is 1.85 bits per heavy atom. The molecule has 41 heavy (non-hydrogen) atoms. The molecule has 3 aromatic carbocycles. The van der Waals surface area contributed by atoms with Crippen LogP contribution in [0, 0.1) is 5.92 Å². The molecular weight excluding hydrogens is 514 g/mol. The van der Waals surface area contributed by atoms with E-state index >= 15 is 0 Å². The van der Waals surface area contributed by atoms with Gasteiger partial charge in [0.1, 0.15) is 5.75 Å². The highest BCUT2D eigenvalue weighted by Gasteiger charge is 2.40. The number of hydrogen-bond donors (Lipinski definition) is 0. The first-order valence-corrected chi connectivity index (χ1v) is 14.2. The maximum atomic E-state index is 13.5. The summed E-state index contributed by atoms with van der Waals surface area (Å²) in [4.78, 5) is 29.9. The normalized spacial score (nSPS) is 18.3. The number of esters is 1. The Morgan fingerprint density at radius 3 is 2.61 bits per heavy atom. The third-order valence-corrected chi connectivity index (χ3v) is 8.22. The maximum Gasteiger partial charge on any atom is 0.305 e. The van der Waals surface area contributed by atoms with Gasteiger partial charge >= 0.3 is 5.97 Å². The molecule has 208 valence electrons. The van der Waals surface area contributed by atoms with Crippen LogP contribution in [0.2, 0.25) is 0 Å². The van der Waals surface area contributed by atoms with Crippen LogP contribution in [0.15, 0.2) is 94.6 Å². The summed E-state index contributed by atoms with van der Waals surface area (Å²) in [6, 6.07) is 21.9. The van der Waals surface area contributed by atoms with Crippen molar-refractivity contribution in [2.24, 2.45) is 10.9 Å². The SMILES string of the molecule is COC(=O)CCc1ccc(OCC2CCCC2)c(-c2ccc3ccc(C4(C(=O)c5ccco5)C=CC=N4)cc3c2)c1. The van der Waals surface area contributed by atoms with E-state index in [0.29, 0.717) is 25.4 Å². The Hall–Kier alpha value is -4.45. The molecule has 6 nitrogen and oxygen atoms in total. The molecule has 0 bridgehead atoms. The number of methoxy groups -OCH3 is 1. The molecular formula is C35H33NO5. The minimum absolute atomic E-state index is 0.205. The predicted molar refractivity (Wildman–Crippen MR) is 160 cm³/mol. The highest BCUT2D eigenvalue weighted by molar-refractivity contribution is 6.06. The van der Waals surface area contributed by atoms with Crippen molar-refractivity contribution in [2.45, 2.75) is 44.1 Å². The van der Waals surface area contributed by atoms with Crippen molar-refractivity contribution in [3.63, 3.8) is 0 Å². The number of allylic oxidation sites excluding steroid dienone is 1. The van der Waals surface area contributed by atoms with E-state index in [-0.39, 0.29) is 17.5 Å². The Bertz CT molecular complexity index is 1610. The largest absolute Gasteiger partial charge is 0.493 e. The van der Waals surface area contributed by atoms with E-state index < -0.39 is 5.54 Å². The van der Waals surface area contributed by atoms with Gasteiger partial charge in [0.25, 0.3) is 0 Å². The van der Waals surface area contributed by atoms with Gasteiger partial charge < -0.3 is 13.9 Å². The second-order valence-electron chi connectivity index (χ2n) is 10.9. The van der Waals surface area contributed by atoms with Gasteiger partial charge in [-0.1, -0.05) is 43.2 Å². The Morgan fingerprint density at radius 1 is 1.00 bits per heavy atom. The van der Waals surface area contributed by atoms with Crippen molar-refractivity contribution >= 4 is 28.7 Å². The van der Waals surface area contributed by atoms with Gasteiger partial charge in [-0.05, 0) is 101 Å². The molecule has 0 spiro atoms. The Labute approximate surface area is 239 Å². The van der Waals surface area contributed by atoms with E-state index in [1.54, 1.807) is 24.4 Å². The molecule has 0 radical (unpaired) electrons. The third kappa shape index (κ3) is 5.47. The van der Waals surface area contributed by atoms with Crippen LogP contribution in [0.1, 0.15) is 53.8 Å². The lowest BCUT2D eigenvalue weighted by Crippen LogP contribution is -2.30. The number of hydrogen-bond acceptors (Lipinski definition) is 6. The second kappa shape index (κ2) is 11.6. The fraction of sp³-hybridized carbons (Fsp3) is 0.286. The molecule has 4 aromatic rings. The number of carbonyl (C=O) groups is 2. The number of ketones is 1. The summed E-state index contributed by atoms with van der Waals surface area (Å²) in [6.07, 6.45) is 12.6. The van der Waals surface area contributed by atoms with Crippen molar-refractivity contribution in [3.8, 4) is 16.9 Å². The van der Waals surface area contributed by atoms with E-state index in [1.807, 2.05) is 36.4 Å². The number of ether oxygens (including phenoxy) is 2. The van der Waals surface area contributed by atoms with Crippen molar-refractivity contribution in [1.29, 1.82) is 0 Å². The van der Waals surface area contributed by atoms with Crippen molar-refractivity contribution in [1.82, 2.24) is 0 Å². The highest BCUT2D eigenvalue weighted by atomic mass is 16.5. The van der Waals surface area contributed by atoms with Crippen LogP contribution in [0.5, 0.6) is 5.75 Å². The van der Waals surface area contributed by atoms with Gasteiger partial charge in [-0.25, -0.2) is 0 Å². The average Bonchev–Trinajstić information content (AvgIpc) is 3.82. The van der Waals surface area contributed by atoms with Crippen molar-refractivity contribution in [2.75, 3.05) is 13.7 Å². The molecule has 2 aliphatic rings. The molecule has 1 unspecified atom stereocenters. The van der Waals surface area contributed by atoms with Crippen LogP contribution in [0.25, 0.3) is 21.9 Å². The summed E-state index contributed by atoms with van der Waals surface area (Å²) in [5.41, 5.74) is 2.65. The lowest BCUT2D eigenvalue weighted by molar-refractivity contribution is -0.140. The van der Waals surface area contributed by atoms with Crippen LogP contribution >= 0.6 is 0 Å². The Balaban J connectivity index is 1.38. The van der Waals surface area contributed by atoms with Gasteiger partial charge in [-0.3, -0.25) is 14.6 Å². The fourth-order valence-corrected chi connectivity index (χ4v) is 5.89. The van der Waals surface area contributed by atoms with Gasteiger partial charge in [0.15, 0.2) is 11.3 Å². The monoisotopic (exact) mass is 547 g/mol. The van der Waals surface area contributed by atoms with Crippen LogP contribution < -0.4 is 4.74 Å². The van der Waals surface area contributed by atoms with Gasteiger partial charge in [0, 0.05) is 18.2 Å². The molecule has 1 aromatic heterocycles. The first-order valence-electron chi connectivity index (χ1n) is 14.2. The van der Waals surface area contributed by atoms with Crippen molar-refractivity contribution in [3.05, 3.63) is 102 Å². The molecule has 0 saturated heterocycles. The summed E-state index contributed by atoms with van der Waals surface area (Å²) in [6.45, 7) is 0.702. The van der Waals surface area contributed by atoms with Crippen LogP contribution in [-0.4, -0.2) is 31.7 Å². The zero-order valence-corrected chi connectivity index (χ0v) is 23.2. The van der Waals surface area contributed by atoms with E-state index in [1.165, 1.54) is 39.1 Å². The van der Waals surface area contributed by atoms with Crippen LogP contribution in [0.3, 0.4) is 0 Å². The van der Waals surface area contributed by atoms with E-state index in [2.05, 4.69) is 29.3 Å². The molecule has 1 aliphatic carbocycles. The highest BCUT2D eigenvalue weighted by Crippen LogP contribution is 2.38. The summed E-state index contributed by atoms with van der Waals surface area (Å²) >= 11 is 0. The Kier molecular flexibility index (Phi) is 7.55. The number of nitrogens with zero attached hydrogens (tertiary/aromatic N) is 1. The first kappa shape index (κ1) is 26.8. The molecule has 1 aliphatic heterocycles. The number of carbonyl (C=O) groups excluding carboxylic acids is 2. The van der Waals surface area contributed by atoms with Crippen LogP contribution in [-0.2, 0) is 21.5 Å². The van der Waals surface area contributed by atoms with E-state index in [9.17, 15) is 9.59 Å². The number of rotatable bonds is 10. The molecule has 0 N–H and O–H groups in total. The lowest BCUT2D eigenvalue weighted by Gasteiger charge is -2.23. The van der Waals surface area contributed by atoms with Gasteiger partial charge in [-0.15, -0.1) is 0 Å². The molecule has 6 heteroatoms. The van der Waals surface area contributed by atoms with Gasteiger partial charge in [-0.2, -0.15) is 0 Å². The third-order valence-electron chi connectivity index (χ3n) is 8.22. The molecule has 1 atom stereocenters. The molecule has 2 heterocycles. The molecule has 1 saturated carbocycles. The van der Waals surface area contributed by atoms with Crippen LogP contribution in [0.4, 0.5) is 0 Å². The molecule has 6 rings (SSSR count). The number of aryl methyl sites for hydroxylation is 1. The minimum atomic E-state index is -1.16. The minimum Gasteiger partial charge on any atom is -0.493 e. The van der Waals surface area contributed by atoms with Crippen molar-refractivity contribution < 1.29 is 23.5 Å². The standard InChI is InChI=1S/C35H33NO5/c1-39-33(37)16-10-24-9-15-31(41-23-25-6-2-3-7-25)30(20-24)27-12-11-26-13-14-29(22-28(26)21-27)35(17-5-18-36-35)34(38)32-8-4-19-40-32/h4-5,8-9,11-15,17-22,25H,2-3,6-7,10,16,23H2,1H3. The molecule has 1 fully saturated rings. The number of furan rings is 1. The van der Waals surface area contributed by atoms with Gasteiger partial charge in [0.2, 0.25) is 5.78 Å². The lowest BCUT2D eigenvalue weighted by atomic mass is 9.84. The fourth-order valence-electron chi connectivity index (χ4n) is 5.89. The summed E-state index contributed by atoms with van der Waals surface area (Å²) in [5, 5.41) is 2.04. The summed E-state index contributed by atoms with van der Waals surface area (Å²) in [7, 11) is 1.41. The summed E-state index contributed by atoms with van der Waals surface area (Å²) < 4.78 is 16.7. The summed E-state index contributed by atoms with van der Waals surface area (Å²) in [5.74, 6) is 1.26. The van der Waals surface area contributed by atoms with E-state index in [4.69, 9.17) is 13.9 Å².